The molecular formula is C56H100N3O10S+. The highest BCUT2D eigenvalue weighted by molar-refractivity contribution is 6.99. The number of rotatable bonds is 46. The lowest BCUT2D eigenvalue weighted by Crippen LogP contribution is -2.49. The van der Waals surface area contributed by atoms with Gasteiger partial charge in [0.15, 0.2) is 6.10 Å². The lowest BCUT2D eigenvalue weighted by atomic mass is 10.0. The SMILES string of the molecule is CCCCCCCCCCCCCCCC(=O)OCC(COC(=O)CCCCCCCCCCCCCCC)OC(=O)CC(C)COC(=O)OC[N+]1(C)CCC=C(c2nsnc2OCCCCCC)C1. The Morgan fingerprint density at radius 1 is 0.571 bits per heavy atom. The summed E-state index contributed by atoms with van der Waals surface area (Å²) in [6, 6.07) is 0. The first-order valence-electron chi connectivity index (χ1n) is 28.4. The molecule has 1 aromatic rings. The van der Waals surface area contributed by atoms with Gasteiger partial charge >= 0.3 is 24.1 Å². The number of unbranched alkanes of at least 4 members (excludes halogenated alkanes) is 27. The Labute approximate surface area is 429 Å². The maximum absolute atomic E-state index is 13.1. The zero-order chi connectivity index (χ0) is 50.8. The second-order valence-corrected chi connectivity index (χ2v) is 21.0. The Balaban J connectivity index is 1.75. The number of nitrogens with zero attached hydrogens (tertiary/aromatic N) is 3. The predicted octanol–water partition coefficient (Wildman–Crippen LogP) is 14.8. The minimum Gasteiger partial charge on any atom is -0.475 e. The van der Waals surface area contributed by atoms with Crippen molar-refractivity contribution in [2.24, 2.45) is 5.92 Å². The summed E-state index contributed by atoms with van der Waals surface area (Å²) in [5, 5.41) is 0. The summed E-state index contributed by atoms with van der Waals surface area (Å²) in [4.78, 5) is 51.3. The van der Waals surface area contributed by atoms with Crippen LogP contribution in [0.4, 0.5) is 4.79 Å². The van der Waals surface area contributed by atoms with Crippen LogP contribution in [0.25, 0.3) is 5.57 Å². The van der Waals surface area contributed by atoms with Crippen molar-refractivity contribution in [3.63, 3.8) is 0 Å². The van der Waals surface area contributed by atoms with Crippen LogP contribution in [0, 0.1) is 5.92 Å². The first-order chi connectivity index (χ1) is 34.1. The van der Waals surface area contributed by atoms with E-state index in [1.807, 2.05) is 7.05 Å². The van der Waals surface area contributed by atoms with Gasteiger partial charge in [-0.1, -0.05) is 207 Å². The monoisotopic (exact) mass is 1010 g/mol. The van der Waals surface area contributed by atoms with Crippen molar-refractivity contribution in [1.82, 2.24) is 8.75 Å². The molecule has 2 unspecified atom stereocenters. The van der Waals surface area contributed by atoms with Gasteiger partial charge in [0.1, 0.15) is 25.5 Å². The van der Waals surface area contributed by atoms with Crippen LogP contribution in [-0.4, -0.2) is 96.7 Å². The Morgan fingerprint density at radius 2 is 1.03 bits per heavy atom. The van der Waals surface area contributed by atoms with Crippen LogP contribution in [0.15, 0.2) is 6.08 Å². The van der Waals surface area contributed by atoms with Gasteiger partial charge in [0.05, 0.1) is 45.0 Å². The van der Waals surface area contributed by atoms with Crippen LogP contribution < -0.4 is 4.74 Å². The van der Waals surface area contributed by atoms with E-state index in [2.05, 4.69) is 35.6 Å². The Hall–Kier alpha value is -3.26. The Morgan fingerprint density at radius 3 is 1.51 bits per heavy atom. The zero-order valence-corrected chi connectivity index (χ0v) is 45.9. The molecule has 0 bridgehead atoms. The molecule has 0 radical (unpaired) electrons. The first kappa shape index (κ1) is 62.9. The number of likely N-dealkylation sites (N-methyl/N-ethyl adjacent to an activating group) is 1. The van der Waals surface area contributed by atoms with Gasteiger partial charge in [-0.25, -0.2) is 4.79 Å². The van der Waals surface area contributed by atoms with Gasteiger partial charge in [0, 0.05) is 30.8 Å². The molecule has 1 aliphatic heterocycles. The molecule has 0 aromatic carbocycles. The average molecular weight is 1010 g/mol. The Bertz CT molecular complexity index is 1480. The summed E-state index contributed by atoms with van der Waals surface area (Å²) in [7, 11) is 2.02. The van der Waals surface area contributed by atoms with Crippen LogP contribution in [-0.2, 0) is 38.1 Å². The van der Waals surface area contributed by atoms with E-state index in [0.717, 1.165) is 93.7 Å². The van der Waals surface area contributed by atoms with Crippen LogP contribution in [0.5, 0.6) is 5.88 Å². The number of carbonyl (C=O) groups is 4. The summed E-state index contributed by atoms with van der Waals surface area (Å²) in [5.41, 5.74) is 1.77. The molecule has 13 nitrogen and oxygen atoms in total. The second kappa shape index (κ2) is 42.3. The molecule has 1 aliphatic rings. The third kappa shape index (κ3) is 33.4. The summed E-state index contributed by atoms with van der Waals surface area (Å²) >= 11 is 1.13. The number of quaternary nitrogens is 1. The van der Waals surface area contributed by atoms with Gasteiger partial charge in [0.25, 0.3) is 5.88 Å². The third-order valence-corrected chi connectivity index (χ3v) is 13.7. The molecule has 0 saturated carbocycles. The van der Waals surface area contributed by atoms with Crippen molar-refractivity contribution in [3.05, 3.63) is 11.8 Å². The van der Waals surface area contributed by atoms with Crippen molar-refractivity contribution >= 4 is 41.4 Å². The minimum absolute atomic E-state index is 0.0564. The molecule has 70 heavy (non-hydrogen) atoms. The minimum atomic E-state index is -0.946. The molecule has 0 aliphatic carbocycles. The molecule has 2 heterocycles. The molecule has 0 amide bonds. The van der Waals surface area contributed by atoms with Crippen LogP contribution in [0.3, 0.4) is 0 Å². The number of hydrogen-bond acceptors (Lipinski definition) is 13. The smallest absolute Gasteiger partial charge is 0.475 e. The highest BCUT2D eigenvalue weighted by Crippen LogP contribution is 2.30. The number of carbonyl (C=O) groups excluding carboxylic acids is 4. The number of ether oxygens (including phenoxy) is 6. The topological polar surface area (TPSA) is 149 Å². The van der Waals surface area contributed by atoms with Gasteiger partial charge in [-0.2, -0.15) is 4.37 Å². The van der Waals surface area contributed by atoms with E-state index in [1.165, 1.54) is 135 Å². The second-order valence-electron chi connectivity index (χ2n) is 20.5. The number of aromatic nitrogens is 2. The standard InChI is InChI=1S/C56H100N3O10S/c1-6-9-12-15-17-19-21-23-25-27-29-31-33-38-51(60)65-45-50(46-66-52(61)39-34-32-30-28-26-24-22-20-18-16-13-10-7-2)69-53(62)42-48(4)44-67-56(63)68-47-59(5)40-36-37-49(43-59)54-55(58-70-57-54)64-41-35-14-11-8-3/h37,48,50H,6-36,38-47H2,1-5H3/q+1. The average Bonchev–Trinajstić information content (AvgIpc) is 3.82. The first-order valence-corrected chi connectivity index (χ1v) is 29.1. The van der Waals surface area contributed by atoms with E-state index < -0.39 is 18.2 Å². The molecule has 14 heteroatoms. The van der Waals surface area contributed by atoms with Gasteiger partial charge in [-0.3, -0.25) is 18.9 Å². The number of esters is 3. The van der Waals surface area contributed by atoms with Crippen LogP contribution in [0.2, 0.25) is 0 Å². The predicted molar refractivity (Wildman–Crippen MR) is 282 cm³/mol. The highest BCUT2D eigenvalue weighted by Gasteiger charge is 2.32. The fourth-order valence-electron chi connectivity index (χ4n) is 8.80. The van der Waals surface area contributed by atoms with Gasteiger partial charge < -0.3 is 28.4 Å². The van der Waals surface area contributed by atoms with Crippen LogP contribution >= 0.6 is 11.7 Å². The fraction of sp³-hybridized carbons (Fsp3) is 0.857. The van der Waals surface area contributed by atoms with Crippen molar-refractivity contribution in [1.29, 1.82) is 0 Å². The van der Waals surface area contributed by atoms with E-state index in [0.29, 0.717) is 23.5 Å². The Kier molecular flexibility index (Phi) is 38.0. The van der Waals surface area contributed by atoms with Crippen molar-refractivity contribution in [2.45, 2.75) is 252 Å². The molecule has 0 saturated heterocycles. The lowest BCUT2D eigenvalue weighted by Gasteiger charge is -2.36. The van der Waals surface area contributed by atoms with Crippen molar-refractivity contribution in [2.75, 3.05) is 53.3 Å². The van der Waals surface area contributed by atoms with E-state index >= 15 is 0 Å². The van der Waals surface area contributed by atoms with Gasteiger partial charge in [0.2, 0.25) is 6.73 Å². The normalized spacial score (nSPS) is 15.1. The molecule has 0 N–H and O–H groups in total. The van der Waals surface area contributed by atoms with Crippen LogP contribution in [0.1, 0.15) is 252 Å². The zero-order valence-electron chi connectivity index (χ0n) is 45.1. The molecule has 2 atom stereocenters. The highest BCUT2D eigenvalue weighted by atomic mass is 32.1. The molecule has 0 spiro atoms. The number of hydrogen-bond donors (Lipinski definition) is 0. The summed E-state index contributed by atoms with van der Waals surface area (Å²) in [6.45, 7) is 10.1. The third-order valence-electron chi connectivity index (χ3n) is 13.2. The maximum Gasteiger partial charge on any atom is 0.512 e. The van der Waals surface area contributed by atoms with E-state index in [4.69, 9.17) is 28.4 Å². The largest absolute Gasteiger partial charge is 0.512 e. The lowest BCUT2D eigenvalue weighted by molar-refractivity contribution is -0.919. The fourth-order valence-corrected chi connectivity index (χ4v) is 9.33. The van der Waals surface area contributed by atoms with Crippen molar-refractivity contribution < 1.29 is 52.1 Å². The van der Waals surface area contributed by atoms with E-state index in [-0.39, 0.29) is 63.7 Å². The van der Waals surface area contributed by atoms with Gasteiger partial charge in [-0.05, 0) is 19.3 Å². The quantitative estimate of drug-likeness (QED) is 0.0265. The molecule has 1 aromatic heterocycles. The molecule has 0 fully saturated rings. The maximum atomic E-state index is 13.1. The van der Waals surface area contributed by atoms with E-state index in [1.54, 1.807) is 6.92 Å². The van der Waals surface area contributed by atoms with Crippen molar-refractivity contribution in [3.8, 4) is 5.88 Å². The molecule has 2 rings (SSSR count). The summed E-state index contributed by atoms with van der Waals surface area (Å²) in [6.07, 6.45) is 37.8. The molecule has 404 valence electrons. The van der Waals surface area contributed by atoms with Gasteiger partial charge in [-0.15, -0.1) is 4.37 Å². The molecular weight excluding hydrogens is 907 g/mol. The summed E-state index contributed by atoms with van der Waals surface area (Å²) in [5.74, 6) is -1.11. The summed E-state index contributed by atoms with van der Waals surface area (Å²) < 4.78 is 43.1. The van der Waals surface area contributed by atoms with E-state index in [9.17, 15) is 19.2 Å².